The maximum atomic E-state index is 3.34. The molecule has 0 atom stereocenters. The molecule has 0 unspecified atom stereocenters. The van der Waals surface area contributed by atoms with Crippen LogP contribution >= 0.6 is 0 Å². The summed E-state index contributed by atoms with van der Waals surface area (Å²) in [6, 6.07) is 0. The maximum Gasteiger partial charge on any atom is 0.166 e. The molecule has 1 heterocycles. The fourth-order valence-corrected chi connectivity index (χ4v) is 0.826. The molecule has 1 saturated heterocycles. The number of rotatable bonds is 0. The van der Waals surface area contributed by atoms with E-state index >= 15 is 0 Å². The minimum Gasteiger partial charge on any atom is -0.188 e. The van der Waals surface area contributed by atoms with Crippen molar-refractivity contribution in [1.29, 1.82) is 0 Å². The summed E-state index contributed by atoms with van der Waals surface area (Å²) in [6.07, 6.45) is 4.01. The molecule has 8 heavy (non-hydrogen) atoms. The third-order valence-electron chi connectivity index (χ3n) is 1.67. The monoisotopic (exact) mass is 108 g/mol. The third-order valence-corrected chi connectivity index (χ3v) is 1.67. The van der Waals surface area contributed by atoms with Crippen LogP contribution in [0.4, 0.5) is 0 Å². The van der Waals surface area contributed by atoms with Crippen LogP contribution in [0.15, 0.2) is 5.57 Å². The van der Waals surface area contributed by atoms with Gasteiger partial charge in [-0.1, -0.05) is 0 Å². The van der Waals surface area contributed by atoms with E-state index in [-0.39, 0.29) is 0 Å². The maximum absolute atomic E-state index is 3.34. The molecule has 1 saturated carbocycles. The highest BCUT2D eigenvalue weighted by atomic mass is 15.0. The van der Waals surface area contributed by atoms with E-state index in [9.17, 15) is 0 Å². The van der Waals surface area contributed by atoms with E-state index in [4.69, 9.17) is 0 Å². The summed E-state index contributed by atoms with van der Waals surface area (Å²) in [7, 11) is 0. The van der Waals surface area contributed by atoms with E-state index in [1.807, 2.05) is 0 Å². The Morgan fingerprint density at radius 3 is 2.38 bits per heavy atom. The van der Waals surface area contributed by atoms with E-state index in [0.717, 1.165) is 0 Å². The van der Waals surface area contributed by atoms with Gasteiger partial charge in [-0.25, -0.2) is 0 Å². The van der Waals surface area contributed by atoms with Gasteiger partial charge in [-0.3, -0.25) is 0 Å². The van der Waals surface area contributed by atoms with Crippen LogP contribution in [0.1, 0.15) is 19.3 Å². The first-order valence-electron chi connectivity index (χ1n) is 3.31. The van der Waals surface area contributed by atoms with Crippen LogP contribution in [0.3, 0.4) is 0 Å². The van der Waals surface area contributed by atoms with E-state index in [1.165, 1.54) is 37.9 Å². The first-order chi connectivity index (χ1) is 3.95. The van der Waals surface area contributed by atoms with Gasteiger partial charge in [0.2, 0.25) is 0 Å². The largest absolute Gasteiger partial charge is 0.188 e. The summed E-state index contributed by atoms with van der Waals surface area (Å²) in [6.45, 7) is 2.51. The lowest BCUT2D eigenvalue weighted by molar-refractivity contribution is -0.577. The van der Waals surface area contributed by atoms with Crippen LogP contribution in [0.5, 0.6) is 0 Å². The summed E-state index contributed by atoms with van der Waals surface area (Å²) in [4.78, 5) is 0. The van der Waals surface area contributed by atoms with Gasteiger partial charge >= 0.3 is 0 Å². The molecule has 2 fully saturated rings. The zero-order valence-electron chi connectivity index (χ0n) is 4.98. The Labute approximate surface area is 49.3 Å². The molecule has 42 valence electrons. The minimum atomic E-state index is 1.25. The highest BCUT2D eigenvalue weighted by molar-refractivity contribution is 5.58. The minimum absolute atomic E-state index is 1.25. The number of hydrogen-bond acceptors (Lipinski definition) is 0. The van der Waals surface area contributed by atoms with Crippen molar-refractivity contribution in [2.45, 2.75) is 19.3 Å². The predicted molar refractivity (Wildman–Crippen MR) is 32.4 cm³/mol. The Morgan fingerprint density at radius 1 is 1.25 bits per heavy atom. The van der Waals surface area contributed by atoms with E-state index < -0.39 is 0 Å². The van der Waals surface area contributed by atoms with Crippen LogP contribution in [-0.2, 0) is 0 Å². The van der Waals surface area contributed by atoms with Gasteiger partial charge in [0, 0.05) is 5.57 Å². The molecule has 1 aliphatic heterocycles. The molecular formula is C7H10N+. The highest BCUT2D eigenvalue weighted by Gasteiger charge is 2.19. The van der Waals surface area contributed by atoms with Crippen molar-refractivity contribution >= 4 is 5.87 Å². The quantitative estimate of drug-likeness (QED) is 0.404. The van der Waals surface area contributed by atoms with Crippen LogP contribution in [0.2, 0.25) is 0 Å². The SMILES string of the molecule is C(=C1CC1)=[N+]1CCC1. The van der Waals surface area contributed by atoms with Crippen molar-refractivity contribution in [2.75, 3.05) is 13.1 Å². The summed E-state index contributed by atoms with van der Waals surface area (Å²) in [5.74, 6) is 3.34. The van der Waals surface area contributed by atoms with Crippen molar-refractivity contribution in [3.05, 3.63) is 5.57 Å². The average Bonchev–Trinajstić information content (AvgIpc) is 2.36. The van der Waals surface area contributed by atoms with Gasteiger partial charge in [0.25, 0.3) is 0 Å². The van der Waals surface area contributed by atoms with E-state index in [1.54, 1.807) is 0 Å². The van der Waals surface area contributed by atoms with Crippen LogP contribution in [0.25, 0.3) is 0 Å². The van der Waals surface area contributed by atoms with Gasteiger partial charge in [-0.05, 0) is 12.8 Å². The van der Waals surface area contributed by atoms with E-state index in [0.29, 0.717) is 0 Å². The first kappa shape index (κ1) is 4.34. The Hall–Kier alpha value is -0.550. The summed E-state index contributed by atoms with van der Waals surface area (Å²) < 4.78 is 2.28. The fraction of sp³-hybridized carbons (Fsp3) is 0.714. The van der Waals surface area contributed by atoms with Gasteiger partial charge < -0.3 is 0 Å². The normalized spacial score (nSPS) is 24.5. The van der Waals surface area contributed by atoms with Crippen molar-refractivity contribution in [2.24, 2.45) is 0 Å². The predicted octanol–water partition coefficient (Wildman–Crippen LogP) is 0.792. The second kappa shape index (κ2) is 1.46. The Morgan fingerprint density at radius 2 is 2.00 bits per heavy atom. The zero-order chi connectivity index (χ0) is 5.40. The second-order valence-corrected chi connectivity index (χ2v) is 2.56. The molecule has 0 aromatic carbocycles. The number of allylic oxidation sites excluding steroid dienone is 1. The first-order valence-corrected chi connectivity index (χ1v) is 3.31. The van der Waals surface area contributed by atoms with Gasteiger partial charge in [0.1, 0.15) is 0 Å². The van der Waals surface area contributed by atoms with Crippen molar-refractivity contribution < 1.29 is 4.58 Å². The topological polar surface area (TPSA) is 3.01 Å². The summed E-state index contributed by atoms with van der Waals surface area (Å²) >= 11 is 0. The lowest BCUT2D eigenvalue weighted by Gasteiger charge is -2.05. The van der Waals surface area contributed by atoms with Crippen LogP contribution < -0.4 is 0 Å². The van der Waals surface area contributed by atoms with E-state index in [2.05, 4.69) is 10.4 Å². The average molecular weight is 108 g/mol. The molecule has 0 N–H and O–H groups in total. The molecule has 0 amide bonds. The molecular weight excluding hydrogens is 98.1 g/mol. The molecule has 1 aliphatic carbocycles. The van der Waals surface area contributed by atoms with Gasteiger partial charge in [0.05, 0.1) is 6.42 Å². The summed E-state index contributed by atoms with van der Waals surface area (Å²) in [5.41, 5.74) is 1.53. The van der Waals surface area contributed by atoms with Crippen LogP contribution in [0, 0.1) is 0 Å². The Bertz CT molecular complexity index is 161. The molecule has 0 bridgehead atoms. The molecule has 2 rings (SSSR count). The fourth-order valence-electron chi connectivity index (χ4n) is 0.826. The van der Waals surface area contributed by atoms with Gasteiger partial charge in [-0.2, -0.15) is 4.58 Å². The number of nitrogens with zero attached hydrogens (tertiary/aromatic N) is 1. The molecule has 2 aliphatic rings. The Balaban J connectivity index is 2.20. The lowest BCUT2D eigenvalue weighted by Crippen LogP contribution is -2.26. The highest BCUT2D eigenvalue weighted by Crippen LogP contribution is 2.23. The molecule has 0 spiro atoms. The molecule has 1 nitrogen and oxygen atoms in total. The lowest BCUT2D eigenvalue weighted by atomic mass is 10.3. The van der Waals surface area contributed by atoms with Crippen molar-refractivity contribution in [3.8, 4) is 0 Å². The molecule has 0 aromatic rings. The van der Waals surface area contributed by atoms with Crippen molar-refractivity contribution in [1.82, 2.24) is 0 Å². The molecule has 0 radical (unpaired) electrons. The van der Waals surface area contributed by atoms with Gasteiger partial charge in [-0.15, -0.1) is 0 Å². The molecule has 1 heteroatoms. The number of hydrogen-bond donors (Lipinski definition) is 0. The van der Waals surface area contributed by atoms with Crippen LogP contribution in [-0.4, -0.2) is 23.5 Å². The summed E-state index contributed by atoms with van der Waals surface area (Å²) in [5, 5.41) is 0. The van der Waals surface area contributed by atoms with Crippen molar-refractivity contribution in [3.63, 3.8) is 0 Å². The van der Waals surface area contributed by atoms with Gasteiger partial charge in [0.15, 0.2) is 19.0 Å². The standard InChI is InChI=1S/C7H10N/c1-4-8(5-1)6-7-2-3-7/h1-5H2/q+1. The molecule has 0 aromatic heterocycles. The zero-order valence-corrected chi connectivity index (χ0v) is 4.98. The Kier molecular flexibility index (Phi) is 0.793. The third kappa shape index (κ3) is 0.696. The smallest absolute Gasteiger partial charge is 0.166 e. The second-order valence-electron chi connectivity index (χ2n) is 2.56.